The van der Waals surface area contributed by atoms with E-state index in [1.807, 2.05) is 38.1 Å². The topological polar surface area (TPSA) is 55.1 Å². The molecule has 16 heavy (non-hydrogen) atoms. The van der Waals surface area contributed by atoms with Crippen LogP contribution in [0, 0.1) is 0 Å². The summed E-state index contributed by atoms with van der Waals surface area (Å²) >= 11 is 3.35. The largest absolute Gasteiger partial charge is 0.350 e. The zero-order valence-corrected chi connectivity index (χ0v) is 11.2. The average molecular weight is 285 g/mol. The molecule has 0 heterocycles. The van der Waals surface area contributed by atoms with Crippen molar-refractivity contribution in [2.75, 3.05) is 6.54 Å². The highest BCUT2D eigenvalue weighted by atomic mass is 79.9. The second-order valence-corrected chi connectivity index (χ2v) is 5.36. The highest BCUT2D eigenvalue weighted by Crippen LogP contribution is 2.11. The predicted molar refractivity (Wildman–Crippen MR) is 69.1 cm³/mol. The Kier molecular flexibility index (Phi) is 4.50. The second-order valence-electron chi connectivity index (χ2n) is 4.44. The van der Waals surface area contributed by atoms with Crippen LogP contribution in [0.4, 0.5) is 0 Å². The number of amides is 1. The molecule has 1 aromatic rings. The van der Waals surface area contributed by atoms with E-state index in [2.05, 4.69) is 21.2 Å². The molecule has 3 nitrogen and oxygen atoms in total. The summed E-state index contributed by atoms with van der Waals surface area (Å²) in [5, 5.41) is 2.89. The van der Waals surface area contributed by atoms with Crippen LogP contribution in [-0.2, 0) is 11.2 Å². The zero-order chi connectivity index (χ0) is 12.2. The molecule has 1 rings (SSSR count). The van der Waals surface area contributed by atoms with Crippen LogP contribution in [0.25, 0.3) is 0 Å². The van der Waals surface area contributed by atoms with Crippen molar-refractivity contribution in [3.05, 3.63) is 34.3 Å². The summed E-state index contributed by atoms with van der Waals surface area (Å²) in [5.41, 5.74) is 6.20. The molecule has 3 N–H and O–H groups in total. The van der Waals surface area contributed by atoms with E-state index in [9.17, 15) is 4.79 Å². The summed E-state index contributed by atoms with van der Waals surface area (Å²) in [6, 6.07) is 7.71. The van der Waals surface area contributed by atoms with Crippen LogP contribution in [0.15, 0.2) is 28.7 Å². The second kappa shape index (κ2) is 5.46. The van der Waals surface area contributed by atoms with E-state index in [1.165, 1.54) is 0 Å². The third-order valence-corrected chi connectivity index (χ3v) is 2.79. The van der Waals surface area contributed by atoms with E-state index in [0.29, 0.717) is 13.0 Å². The van der Waals surface area contributed by atoms with Crippen molar-refractivity contribution in [3.63, 3.8) is 0 Å². The van der Waals surface area contributed by atoms with Crippen LogP contribution in [0.3, 0.4) is 0 Å². The number of carbonyl (C=O) groups excluding carboxylic acids is 1. The van der Waals surface area contributed by atoms with Crippen molar-refractivity contribution in [2.24, 2.45) is 5.73 Å². The number of benzene rings is 1. The van der Waals surface area contributed by atoms with E-state index in [1.54, 1.807) is 0 Å². The van der Waals surface area contributed by atoms with Crippen LogP contribution in [0.1, 0.15) is 19.4 Å². The Morgan fingerprint density at radius 3 is 2.44 bits per heavy atom. The fraction of sp³-hybridized carbons (Fsp3) is 0.417. The quantitative estimate of drug-likeness (QED) is 0.887. The van der Waals surface area contributed by atoms with Gasteiger partial charge in [-0.25, -0.2) is 0 Å². The van der Waals surface area contributed by atoms with Crippen molar-refractivity contribution >= 4 is 21.8 Å². The molecule has 1 aromatic carbocycles. The maximum atomic E-state index is 11.7. The zero-order valence-electron chi connectivity index (χ0n) is 9.59. The van der Waals surface area contributed by atoms with E-state index >= 15 is 0 Å². The third-order valence-electron chi connectivity index (χ3n) is 2.27. The van der Waals surface area contributed by atoms with Gasteiger partial charge < -0.3 is 11.1 Å². The Hall–Kier alpha value is -0.870. The lowest BCUT2D eigenvalue weighted by Gasteiger charge is -2.24. The minimum Gasteiger partial charge on any atom is -0.350 e. The molecule has 0 aliphatic heterocycles. The summed E-state index contributed by atoms with van der Waals surface area (Å²) in [7, 11) is 0. The Bertz CT molecular complexity index is 360. The molecule has 88 valence electrons. The third kappa shape index (κ3) is 4.33. The monoisotopic (exact) mass is 284 g/mol. The van der Waals surface area contributed by atoms with Gasteiger partial charge in [0.2, 0.25) is 5.91 Å². The predicted octanol–water partition coefficient (Wildman–Crippen LogP) is 1.85. The van der Waals surface area contributed by atoms with Gasteiger partial charge in [0.25, 0.3) is 0 Å². The van der Waals surface area contributed by atoms with Gasteiger partial charge in [0.1, 0.15) is 0 Å². The first-order valence-electron chi connectivity index (χ1n) is 5.18. The highest BCUT2D eigenvalue weighted by Gasteiger charge is 2.17. The van der Waals surface area contributed by atoms with Crippen molar-refractivity contribution in [3.8, 4) is 0 Å². The fourth-order valence-electron chi connectivity index (χ4n) is 1.26. The first-order valence-corrected chi connectivity index (χ1v) is 5.98. The molecule has 1 amide bonds. The van der Waals surface area contributed by atoms with Crippen LogP contribution in [0.5, 0.6) is 0 Å². The molecular weight excluding hydrogens is 268 g/mol. The molecule has 0 fully saturated rings. The van der Waals surface area contributed by atoms with Gasteiger partial charge in [-0.2, -0.15) is 0 Å². The van der Waals surface area contributed by atoms with Gasteiger partial charge in [0, 0.05) is 16.6 Å². The van der Waals surface area contributed by atoms with Gasteiger partial charge in [-0.05, 0) is 31.5 Å². The van der Waals surface area contributed by atoms with E-state index in [0.717, 1.165) is 10.0 Å². The number of halogens is 1. The molecule has 0 aliphatic rings. The summed E-state index contributed by atoms with van der Waals surface area (Å²) in [5.74, 6) is -0.00206. The van der Waals surface area contributed by atoms with Crippen LogP contribution in [0.2, 0.25) is 0 Å². The number of carbonyl (C=O) groups is 1. The Balaban J connectivity index is 2.55. The lowest BCUT2D eigenvalue weighted by molar-refractivity contribution is -0.121. The van der Waals surface area contributed by atoms with Crippen molar-refractivity contribution in [2.45, 2.75) is 25.8 Å². The van der Waals surface area contributed by atoms with Crippen LogP contribution in [-0.4, -0.2) is 18.0 Å². The Labute approximate surface area is 105 Å². The lowest BCUT2D eigenvalue weighted by Crippen LogP contribution is -2.49. The van der Waals surface area contributed by atoms with E-state index in [4.69, 9.17) is 5.73 Å². The maximum Gasteiger partial charge on any atom is 0.224 e. The van der Waals surface area contributed by atoms with Gasteiger partial charge in [-0.1, -0.05) is 28.1 Å². The summed E-state index contributed by atoms with van der Waals surface area (Å²) < 4.78 is 1.01. The SMILES string of the molecule is CC(C)(CN)NC(=O)Cc1ccc(Br)cc1. The van der Waals surface area contributed by atoms with Gasteiger partial charge in [-0.15, -0.1) is 0 Å². The van der Waals surface area contributed by atoms with Gasteiger partial charge >= 0.3 is 0 Å². The number of hydrogen-bond donors (Lipinski definition) is 2. The van der Waals surface area contributed by atoms with E-state index in [-0.39, 0.29) is 11.4 Å². The minimum atomic E-state index is -0.341. The number of nitrogens with one attached hydrogen (secondary N) is 1. The number of rotatable bonds is 4. The molecule has 0 atom stereocenters. The normalized spacial score (nSPS) is 11.2. The van der Waals surface area contributed by atoms with Gasteiger partial charge in [0.05, 0.1) is 6.42 Å². The summed E-state index contributed by atoms with van der Waals surface area (Å²) in [6.07, 6.45) is 0.386. The molecule has 0 unspecified atom stereocenters. The standard InChI is InChI=1S/C12H17BrN2O/c1-12(2,8-14)15-11(16)7-9-3-5-10(13)6-4-9/h3-6H,7-8,14H2,1-2H3,(H,15,16). The fourth-order valence-corrected chi connectivity index (χ4v) is 1.52. The van der Waals surface area contributed by atoms with Crippen molar-refractivity contribution in [1.82, 2.24) is 5.32 Å². The van der Waals surface area contributed by atoms with Crippen LogP contribution >= 0.6 is 15.9 Å². The van der Waals surface area contributed by atoms with E-state index < -0.39 is 0 Å². The first kappa shape index (κ1) is 13.2. The molecular formula is C12H17BrN2O. The van der Waals surface area contributed by atoms with Crippen molar-refractivity contribution < 1.29 is 4.79 Å². The minimum absolute atomic E-state index is 0.00206. The summed E-state index contributed by atoms with van der Waals surface area (Å²) in [6.45, 7) is 4.25. The number of hydrogen-bond acceptors (Lipinski definition) is 2. The van der Waals surface area contributed by atoms with Gasteiger partial charge in [0.15, 0.2) is 0 Å². The lowest BCUT2D eigenvalue weighted by atomic mass is 10.1. The Morgan fingerprint density at radius 1 is 1.38 bits per heavy atom. The van der Waals surface area contributed by atoms with Crippen molar-refractivity contribution in [1.29, 1.82) is 0 Å². The summed E-state index contributed by atoms with van der Waals surface area (Å²) in [4.78, 5) is 11.7. The molecule has 0 aliphatic carbocycles. The molecule has 4 heteroatoms. The molecule has 0 saturated heterocycles. The molecule has 0 aromatic heterocycles. The maximum absolute atomic E-state index is 11.7. The van der Waals surface area contributed by atoms with Crippen LogP contribution < -0.4 is 11.1 Å². The highest BCUT2D eigenvalue weighted by molar-refractivity contribution is 9.10. The number of nitrogens with two attached hydrogens (primary N) is 1. The smallest absolute Gasteiger partial charge is 0.224 e. The molecule has 0 radical (unpaired) electrons. The molecule has 0 spiro atoms. The molecule has 0 bridgehead atoms. The molecule has 0 saturated carbocycles. The Morgan fingerprint density at radius 2 is 1.94 bits per heavy atom. The average Bonchev–Trinajstić information content (AvgIpc) is 2.21. The first-order chi connectivity index (χ1) is 7.43. The van der Waals surface area contributed by atoms with Gasteiger partial charge in [-0.3, -0.25) is 4.79 Å².